The molecule has 0 aliphatic heterocycles. The third-order valence-corrected chi connectivity index (χ3v) is 3.16. The van der Waals surface area contributed by atoms with Gasteiger partial charge in [-0.25, -0.2) is 4.39 Å². The van der Waals surface area contributed by atoms with Crippen LogP contribution in [0.3, 0.4) is 0 Å². The molecule has 0 aliphatic carbocycles. The summed E-state index contributed by atoms with van der Waals surface area (Å²) in [4.78, 5) is 11.2. The first-order valence-corrected chi connectivity index (χ1v) is 8.13. The van der Waals surface area contributed by atoms with E-state index in [1.165, 1.54) is 29.2 Å². The molecule has 0 saturated carbocycles. The minimum absolute atomic E-state index is 0.0000940. The van der Waals surface area contributed by atoms with Crippen molar-refractivity contribution in [3.8, 4) is 5.75 Å². The van der Waals surface area contributed by atoms with Crippen molar-refractivity contribution in [3.63, 3.8) is 0 Å². The maximum Gasteiger partial charge on any atom is 0.155 e. The summed E-state index contributed by atoms with van der Waals surface area (Å²) < 4.78 is 22.1. The summed E-state index contributed by atoms with van der Waals surface area (Å²) in [6, 6.07) is 4.38. The van der Waals surface area contributed by atoms with Crippen molar-refractivity contribution in [1.82, 2.24) is 4.72 Å². The number of hydrogen-bond acceptors (Lipinski definition) is 5. The number of hydrogen-bond donors (Lipinski definition) is 2. The minimum atomic E-state index is -0.394. The standard InChI is InChI=1S/C14H18FNO2S2/c1-3-13(17)5-4-11-6-12(15)8-14(7-11)18-10(2)9-16-20-19/h4-8,10,16,19H,3,9H2,1-2H3/b5-4+/t10-/m1/s1. The smallest absolute Gasteiger partial charge is 0.155 e. The number of rotatable bonds is 8. The Kier molecular flexibility index (Phi) is 7.72. The summed E-state index contributed by atoms with van der Waals surface area (Å²) in [5.74, 6) is 0.0435. The maximum absolute atomic E-state index is 13.5. The minimum Gasteiger partial charge on any atom is -0.489 e. The van der Waals surface area contributed by atoms with Crippen LogP contribution in [0.15, 0.2) is 24.3 Å². The molecule has 1 N–H and O–H groups in total. The summed E-state index contributed by atoms with van der Waals surface area (Å²) in [6.07, 6.45) is 3.35. The lowest BCUT2D eigenvalue weighted by molar-refractivity contribution is -0.114. The Morgan fingerprint density at radius 1 is 1.55 bits per heavy atom. The van der Waals surface area contributed by atoms with Crippen molar-refractivity contribution in [2.24, 2.45) is 0 Å². The molecular weight excluding hydrogens is 297 g/mol. The van der Waals surface area contributed by atoms with Crippen molar-refractivity contribution >= 4 is 34.5 Å². The van der Waals surface area contributed by atoms with Gasteiger partial charge in [0.2, 0.25) is 0 Å². The highest BCUT2D eigenvalue weighted by Crippen LogP contribution is 2.19. The van der Waals surface area contributed by atoms with Crippen LogP contribution in [-0.2, 0) is 4.79 Å². The fourth-order valence-corrected chi connectivity index (χ4v) is 2.02. The summed E-state index contributed by atoms with van der Waals surface area (Å²) in [5, 5.41) is 0. The molecule has 1 rings (SSSR count). The largest absolute Gasteiger partial charge is 0.489 e. The second-order valence-electron chi connectivity index (χ2n) is 4.24. The second kappa shape index (κ2) is 9.05. The van der Waals surface area contributed by atoms with Crippen LogP contribution < -0.4 is 9.46 Å². The molecule has 0 fully saturated rings. The number of allylic oxidation sites excluding steroid dienone is 1. The molecule has 1 atom stereocenters. The third kappa shape index (κ3) is 6.45. The van der Waals surface area contributed by atoms with E-state index in [-0.39, 0.29) is 11.9 Å². The van der Waals surface area contributed by atoms with E-state index >= 15 is 0 Å². The van der Waals surface area contributed by atoms with Crippen LogP contribution in [0.25, 0.3) is 6.08 Å². The van der Waals surface area contributed by atoms with Crippen LogP contribution in [0.1, 0.15) is 25.8 Å². The van der Waals surface area contributed by atoms with Gasteiger partial charge in [-0.2, -0.15) is 0 Å². The SMILES string of the molecule is CCC(=O)/C=C/c1cc(F)cc(O[C@H](C)CNSS)c1. The van der Waals surface area contributed by atoms with E-state index < -0.39 is 5.82 Å². The molecule has 0 radical (unpaired) electrons. The topological polar surface area (TPSA) is 38.3 Å². The highest BCUT2D eigenvalue weighted by molar-refractivity contribution is 8.67. The number of carbonyl (C=O) groups is 1. The second-order valence-corrected chi connectivity index (χ2v) is 5.26. The van der Waals surface area contributed by atoms with Gasteiger partial charge in [0.05, 0.1) is 0 Å². The van der Waals surface area contributed by atoms with Gasteiger partial charge >= 0.3 is 0 Å². The first-order chi connectivity index (χ1) is 9.55. The number of ether oxygens (including phenoxy) is 1. The summed E-state index contributed by atoms with van der Waals surface area (Å²) in [5.41, 5.74) is 0.602. The molecule has 0 spiro atoms. The normalized spacial score (nSPS) is 12.6. The predicted octanol–water partition coefficient (Wildman–Crippen LogP) is 3.67. The van der Waals surface area contributed by atoms with Gasteiger partial charge in [-0.15, -0.1) is 0 Å². The van der Waals surface area contributed by atoms with Crippen molar-refractivity contribution in [3.05, 3.63) is 35.7 Å². The van der Waals surface area contributed by atoms with E-state index in [0.29, 0.717) is 24.3 Å². The van der Waals surface area contributed by atoms with Gasteiger partial charge in [-0.05, 0) is 41.7 Å². The van der Waals surface area contributed by atoms with Crippen LogP contribution >= 0.6 is 22.6 Å². The molecule has 0 bridgehead atoms. The van der Waals surface area contributed by atoms with E-state index in [4.69, 9.17) is 4.74 Å². The highest BCUT2D eigenvalue weighted by Gasteiger charge is 2.06. The Morgan fingerprint density at radius 3 is 2.95 bits per heavy atom. The molecule has 3 nitrogen and oxygen atoms in total. The van der Waals surface area contributed by atoms with Crippen molar-refractivity contribution in [2.75, 3.05) is 6.54 Å². The molecule has 6 heteroatoms. The van der Waals surface area contributed by atoms with E-state index in [0.717, 1.165) is 0 Å². The van der Waals surface area contributed by atoms with E-state index in [1.54, 1.807) is 19.1 Å². The Labute approximate surface area is 127 Å². The van der Waals surface area contributed by atoms with Crippen molar-refractivity contribution < 1.29 is 13.9 Å². The Morgan fingerprint density at radius 2 is 2.30 bits per heavy atom. The molecule has 1 aromatic carbocycles. The van der Waals surface area contributed by atoms with Gasteiger partial charge < -0.3 is 4.74 Å². The quantitative estimate of drug-likeness (QED) is 0.332. The summed E-state index contributed by atoms with van der Waals surface area (Å²) in [6.45, 7) is 4.24. The average molecular weight is 315 g/mol. The number of nitrogens with one attached hydrogen (secondary N) is 1. The van der Waals surface area contributed by atoms with Crippen molar-refractivity contribution in [1.29, 1.82) is 0 Å². The van der Waals surface area contributed by atoms with Crippen LogP contribution in [0.2, 0.25) is 0 Å². The van der Waals surface area contributed by atoms with Crippen LogP contribution in [-0.4, -0.2) is 18.4 Å². The molecule has 20 heavy (non-hydrogen) atoms. The van der Waals surface area contributed by atoms with Crippen molar-refractivity contribution in [2.45, 2.75) is 26.4 Å². The lowest BCUT2D eigenvalue weighted by atomic mass is 10.1. The lowest BCUT2D eigenvalue weighted by Gasteiger charge is -2.14. The first-order valence-electron chi connectivity index (χ1n) is 6.26. The van der Waals surface area contributed by atoms with Gasteiger partial charge in [0, 0.05) is 19.0 Å². The average Bonchev–Trinajstić information content (AvgIpc) is 2.41. The maximum atomic E-state index is 13.5. The first kappa shape index (κ1) is 17.1. The lowest BCUT2D eigenvalue weighted by Crippen LogP contribution is -2.24. The predicted molar refractivity (Wildman–Crippen MR) is 85.4 cm³/mol. The van der Waals surface area contributed by atoms with Crippen LogP contribution in [0.5, 0.6) is 5.75 Å². The number of benzene rings is 1. The van der Waals surface area contributed by atoms with Gasteiger partial charge in [-0.1, -0.05) is 24.7 Å². The zero-order chi connectivity index (χ0) is 15.0. The molecular formula is C14H18FNO2S2. The zero-order valence-electron chi connectivity index (χ0n) is 11.4. The van der Waals surface area contributed by atoms with Crippen LogP contribution in [0, 0.1) is 5.82 Å². The zero-order valence-corrected chi connectivity index (χ0v) is 13.1. The number of thiol groups is 1. The number of halogens is 1. The fourth-order valence-electron chi connectivity index (χ4n) is 1.48. The summed E-state index contributed by atoms with van der Waals surface area (Å²) in [7, 11) is 1.20. The highest BCUT2D eigenvalue weighted by atomic mass is 33.1. The third-order valence-electron chi connectivity index (χ3n) is 2.48. The van der Waals surface area contributed by atoms with Gasteiger partial charge in [0.15, 0.2) is 5.78 Å². The van der Waals surface area contributed by atoms with Crippen LogP contribution in [0.4, 0.5) is 4.39 Å². The Bertz CT molecular complexity index is 480. The molecule has 0 amide bonds. The van der Waals surface area contributed by atoms with E-state index in [1.807, 2.05) is 6.92 Å². The molecule has 0 heterocycles. The van der Waals surface area contributed by atoms with Gasteiger partial charge in [0.25, 0.3) is 0 Å². The van der Waals surface area contributed by atoms with E-state index in [2.05, 4.69) is 16.4 Å². The fraction of sp³-hybridized carbons (Fsp3) is 0.357. The Balaban J connectivity index is 2.75. The molecule has 0 aliphatic rings. The molecule has 1 aromatic rings. The van der Waals surface area contributed by atoms with Gasteiger partial charge in [0.1, 0.15) is 17.7 Å². The molecule has 0 aromatic heterocycles. The Hall–Kier alpha value is -0.980. The number of carbonyl (C=O) groups excluding carboxylic acids is 1. The number of ketones is 1. The molecule has 110 valence electrons. The monoisotopic (exact) mass is 315 g/mol. The molecule has 0 unspecified atom stereocenters. The molecule has 0 saturated heterocycles. The van der Waals surface area contributed by atoms with Gasteiger partial charge in [-0.3, -0.25) is 9.52 Å². The summed E-state index contributed by atoms with van der Waals surface area (Å²) >= 11 is 3.96. The van der Waals surface area contributed by atoms with E-state index in [9.17, 15) is 9.18 Å².